The number of halogens is 1. The van der Waals surface area contributed by atoms with Gasteiger partial charge in [0.15, 0.2) is 0 Å². The largest absolute Gasteiger partial charge is 0.323 e. The van der Waals surface area contributed by atoms with Gasteiger partial charge in [-0.1, -0.05) is 13.8 Å². The van der Waals surface area contributed by atoms with Gasteiger partial charge in [0.25, 0.3) is 0 Å². The Bertz CT molecular complexity index is 494. The molecule has 21 heavy (non-hydrogen) atoms. The van der Waals surface area contributed by atoms with E-state index in [0.29, 0.717) is 11.3 Å². The second-order valence-electron chi connectivity index (χ2n) is 6.70. The average molecular weight is 313 g/mol. The number of aromatic nitrogens is 2. The molecule has 2 heterocycles. The zero-order chi connectivity index (χ0) is 14.2. The maximum atomic E-state index is 12.3. The predicted molar refractivity (Wildman–Crippen MR) is 85.6 cm³/mol. The lowest BCUT2D eigenvalue weighted by Crippen LogP contribution is -2.31. The van der Waals surface area contributed by atoms with Crippen LogP contribution in [0.25, 0.3) is 0 Å². The minimum Gasteiger partial charge on any atom is -0.323 e. The fourth-order valence-corrected chi connectivity index (χ4v) is 3.33. The van der Waals surface area contributed by atoms with Crippen molar-refractivity contribution in [1.29, 1.82) is 0 Å². The first-order valence-corrected chi connectivity index (χ1v) is 7.63. The molecule has 0 bridgehead atoms. The molecule has 2 aliphatic rings. The molecular weight excluding hydrogens is 288 g/mol. The highest BCUT2D eigenvalue weighted by Crippen LogP contribution is 2.58. The van der Waals surface area contributed by atoms with Gasteiger partial charge in [-0.05, 0) is 43.7 Å². The number of piperidine rings is 1. The second-order valence-corrected chi connectivity index (χ2v) is 6.70. The zero-order valence-corrected chi connectivity index (χ0v) is 13.6. The van der Waals surface area contributed by atoms with Crippen LogP contribution in [-0.4, -0.2) is 28.8 Å². The summed E-state index contributed by atoms with van der Waals surface area (Å²) in [5.41, 5.74) is 1.12. The van der Waals surface area contributed by atoms with E-state index in [9.17, 15) is 4.79 Å². The summed E-state index contributed by atoms with van der Waals surface area (Å²) in [5.74, 6) is 0.939. The first kappa shape index (κ1) is 16.3. The SMILES string of the molecule is CC(C)Cn1cc(NC(=O)C2CC23CCNCC3)cn1.Cl. The number of carbonyl (C=O) groups excluding carboxylic acids is 1. The number of rotatable bonds is 4. The van der Waals surface area contributed by atoms with Crippen LogP contribution in [0.2, 0.25) is 0 Å². The van der Waals surface area contributed by atoms with Crippen LogP contribution < -0.4 is 10.6 Å². The number of hydrogen-bond donors (Lipinski definition) is 2. The molecule has 3 rings (SSSR count). The Hall–Kier alpha value is -1.07. The van der Waals surface area contributed by atoms with Gasteiger partial charge in [-0.25, -0.2) is 0 Å². The molecule has 1 amide bonds. The zero-order valence-electron chi connectivity index (χ0n) is 12.8. The molecule has 1 unspecified atom stereocenters. The van der Waals surface area contributed by atoms with Crippen molar-refractivity contribution in [3.63, 3.8) is 0 Å². The van der Waals surface area contributed by atoms with Crippen molar-refractivity contribution in [2.45, 2.75) is 39.7 Å². The molecule has 6 heteroatoms. The number of nitrogens with zero attached hydrogens (tertiary/aromatic N) is 2. The van der Waals surface area contributed by atoms with E-state index in [1.54, 1.807) is 6.20 Å². The van der Waals surface area contributed by atoms with Crippen LogP contribution in [0.4, 0.5) is 5.69 Å². The average Bonchev–Trinajstić information content (AvgIpc) is 2.91. The molecule has 5 nitrogen and oxygen atoms in total. The lowest BCUT2D eigenvalue weighted by Gasteiger charge is -2.23. The van der Waals surface area contributed by atoms with Gasteiger partial charge in [0.1, 0.15) is 0 Å². The van der Waals surface area contributed by atoms with Crippen molar-refractivity contribution in [3.05, 3.63) is 12.4 Å². The normalized spacial score (nSPS) is 22.9. The standard InChI is InChI=1S/C15H24N4O.ClH/c1-11(2)9-19-10-12(8-17-19)18-14(20)13-7-15(13)3-5-16-6-4-15;/h8,10-11,13,16H,3-7,9H2,1-2H3,(H,18,20);1H. The van der Waals surface area contributed by atoms with Crippen molar-refractivity contribution in [2.24, 2.45) is 17.3 Å². The smallest absolute Gasteiger partial charge is 0.228 e. The lowest BCUT2D eigenvalue weighted by molar-refractivity contribution is -0.118. The number of anilines is 1. The molecule has 118 valence electrons. The highest BCUT2D eigenvalue weighted by molar-refractivity contribution is 5.94. The highest BCUT2D eigenvalue weighted by atomic mass is 35.5. The third-order valence-corrected chi connectivity index (χ3v) is 4.56. The van der Waals surface area contributed by atoms with Gasteiger partial charge >= 0.3 is 0 Å². The van der Waals surface area contributed by atoms with E-state index >= 15 is 0 Å². The Balaban J connectivity index is 0.00000161. The van der Waals surface area contributed by atoms with Crippen LogP contribution in [0.15, 0.2) is 12.4 Å². The van der Waals surface area contributed by atoms with E-state index < -0.39 is 0 Å². The van der Waals surface area contributed by atoms with Crippen LogP contribution in [0.3, 0.4) is 0 Å². The first-order chi connectivity index (χ1) is 9.59. The van der Waals surface area contributed by atoms with Gasteiger partial charge < -0.3 is 10.6 Å². The summed E-state index contributed by atoms with van der Waals surface area (Å²) in [5, 5.41) is 10.7. The predicted octanol–water partition coefficient (Wildman–Crippen LogP) is 2.29. The van der Waals surface area contributed by atoms with E-state index in [4.69, 9.17) is 0 Å². The minimum absolute atomic E-state index is 0. The van der Waals surface area contributed by atoms with E-state index in [1.165, 1.54) is 0 Å². The lowest BCUT2D eigenvalue weighted by atomic mass is 9.92. The fourth-order valence-electron chi connectivity index (χ4n) is 3.33. The van der Waals surface area contributed by atoms with Crippen LogP contribution in [0.1, 0.15) is 33.1 Å². The molecule has 2 N–H and O–H groups in total. The molecule has 1 aliphatic heterocycles. The summed E-state index contributed by atoms with van der Waals surface area (Å²) in [6, 6.07) is 0. The Morgan fingerprint density at radius 1 is 1.52 bits per heavy atom. The van der Waals surface area contributed by atoms with Crippen molar-refractivity contribution in [2.75, 3.05) is 18.4 Å². The number of carbonyl (C=O) groups is 1. The number of amides is 1. The third-order valence-electron chi connectivity index (χ3n) is 4.56. The first-order valence-electron chi connectivity index (χ1n) is 7.63. The highest BCUT2D eigenvalue weighted by Gasteiger charge is 2.57. The van der Waals surface area contributed by atoms with E-state index in [2.05, 4.69) is 29.6 Å². The maximum absolute atomic E-state index is 12.3. The third kappa shape index (κ3) is 3.58. The summed E-state index contributed by atoms with van der Waals surface area (Å²) in [4.78, 5) is 12.3. The Labute approximate surface area is 132 Å². The van der Waals surface area contributed by atoms with Crippen LogP contribution in [0.5, 0.6) is 0 Å². The molecule has 2 fully saturated rings. The minimum atomic E-state index is 0. The summed E-state index contributed by atoms with van der Waals surface area (Å²) < 4.78 is 1.90. The number of hydrogen-bond acceptors (Lipinski definition) is 3. The van der Waals surface area contributed by atoms with Gasteiger partial charge in [0.05, 0.1) is 11.9 Å². The molecule has 0 radical (unpaired) electrons. The van der Waals surface area contributed by atoms with Gasteiger partial charge in [-0.2, -0.15) is 5.10 Å². The molecule has 1 aromatic rings. The van der Waals surface area contributed by atoms with Crippen molar-refractivity contribution in [3.8, 4) is 0 Å². The Morgan fingerprint density at radius 2 is 2.24 bits per heavy atom. The monoisotopic (exact) mass is 312 g/mol. The summed E-state index contributed by atoms with van der Waals surface area (Å²) in [6.45, 7) is 7.30. The van der Waals surface area contributed by atoms with Gasteiger partial charge in [0, 0.05) is 18.7 Å². The summed E-state index contributed by atoms with van der Waals surface area (Å²) in [6.07, 6.45) is 7.00. The van der Waals surface area contributed by atoms with Crippen LogP contribution in [0, 0.1) is 17.3 Å². The molecule has 1 spiro atoms. The topological polar surface area (TPSA) is 59.0 Å². The van der Waals surface area contributed by atoms with Crippen molar-refractivity contribution in [1.82, 2.24) is 15.1 Å². The van der Waals surface area contributed by atoms with Crippen molar-refractivity contribution >= 4 is 24.0 Å². The maximum Gasteiger partial charge on any atom is 0.228 e. The molecule has 1 atom stereocenters. The molecule has 0 aromatic carbocycles. The van der Waals surface area contributed by atoms with E-state index in [-0.39, 0.29) is 24.2 Å². The molecule has 1 aliphatic carbocycles. The van der Waals surface area contributed by atoms with E-state index in [1.807, 2.05) is 10.9 Å². The van der Waals surface area contributed by atoms with Crippen LogP contribution in [-0.2, 0) is 11.3 Å². The summed E-state index contributed by atoms with van der Waals surface area (Å²) >= 11 is 0. The fraction of sp³-hybridized carbons (Fsp3) is 0.733. The second kappa shape index (κ2) is 6.36. The van der Waals surface area contributed by atoms with E-state index in [0.717, 1.165) is 44.6 Å². The molecular formula is C15H25ClN4O. The Morgan fingerprint density at radius 3 is 2.90 bits per heavy atom. The van der Waals surface area contributed by atoms with Gasteiger partial charge in [0.2, 0.25) is 5.91 Å². The molecule has 1 aromatic heterocycles. The van der Waals surface area contributed by atoms with Gasteiger partial charge in [-0.3, -0.25) is 9.48 Å². The quantitative estimate of drug-likeness (QED) is 0.897. The number of nitrogens with one attached hydrogen (secondary N) is 2. The molecule has 1 saturated heterocycles. The van der Waals surface area contributed by atoms with Crippen LogP contribution >= 0.6 is 12.4 Å². The molecule has 1 saturated carbocycles. The summed E-state index contributed by atoms with van der Waals surface area (Å²) in [7, 11) is 0. The van der Waals surface area contributed by atoms with Crippen molar-refractivity contribution < 1.29 is 4.79 Å². The Kier molecular flexibility index (Phi) is 4.94. The van der Waals surface area contributed by atoms with Gasteiger partial charge in [-0.15, -0.1) is 12.4 Å².